The summed E-state index contributed by atoms with van der Waals surface area (Å²) in [7, 11) is 2.24. The molecule has 0 aliphatic heterocycles. The van der Waals surface area contributed by atoms with E-state index in [0.29, 0.717) is 0 Å². The van der Waals surface area contributed by atoms with E-state index >= 15 is 0 Å². The molecule has 116 valence electrons. The van der Waals surface area contributed by atoms with E-state index in [1.54, 1.807) is 0 Å². The van der Waals surface area contributed by atoms with Crippen LogP contribution in [0.5, 0.6) is 0 Å². The van der Waals surface area contributed by atoms with Crippen LogP contribution in [0.15, 0.2) is 17.5 Å². The van der Waals surface area contributed by atoms with Crippen molar-refractivity contribution in [1.82, 2.24) is 10.2 Å². The maximum absolute atomic E-state index is 3.55. The third-order valence-corrected chi connectivity index (χ3v) is 4.38. The van der Waals surface area contributed by atoms with Crippen molar-refractivity contribution in [2.75, 3.05) is 26.7 Å². The SMILES string of the molecule is CN(CCCCCCNC(C)(C)C)CCc1cccs1. The topological polar surface area (TPSA) is 15.3 Å². The average Bonchev–Trinajstić information content (AvgIpc) is 2.87. The number of unbranched alkanes of at least 4 members (excludes halogenated alkanes) is 3. The summed E-state index contributed by atoms with van der Waals surface area (Å²) >= 11 is 1.87. The molecule has 0 atom stereocenters. The van der Waals surface area contributed by atoms with Gasteiger partial charge in [0.15, 0.2) is 0 Å². The second-order valence-corrected chi connectivity index (χ2v) is 7.76. The average molecular weight is 297 g/mol. The molecule has 1 heterocycles. The first kappa shape index (κ1) is 17.7. The number of nitrogens with zero attached hydrogens (tertiary/aromatic N) is 1. The first-order chi connectivity index (χ1) is 9.47. The summed E-state index contributed by atoms with van der Waals surface area (Å²) in [5.41, 5.74) is 0.266. The monoisotopic (exact) mass is 296 g/mol. The van der Waals surface area contributed by atoms with Gasteiger partial charge in [-0.15, -0.1) is 11.3 Å². The van der Waals surface area contributed by atoms with Gasteiger partial charge in [0.05, 0.1) is 0 Å². The lowest BCUT2D eigenvalue weighted by Gasteiger charge is -2.20. The van der Waals surface area contributed by atoms with Crippen LogP contribution in [0.25, 0.3) is 0 Å². The summed E-state index contributed by atoms with van der Waals surface area (Å²) in [5, 5.41) is 5.72. The van der Waals surface area contributed by atoms with Gasteiger partial charge in [-0.05, 0) is 71.6 Å². The normalized spacial score (nSPS) is 12.2. The van der Waals surface area contributed by atoms with Crippen molar-refractivity contribution in [3.05, 3.63) is 22.4 Å². The molecule has 0 radical (unpaired) electrons. The summed E-state index contributed by atoms with van der Waals surface area (Å²) in [4.78, 5) is 3.97. The first-order valence-electron chi connectivity index (χ1n) is 7.93. The maximum atomic E-state index is 3.55. The van der Waals surface area contributed by atoms with Crippen LogP contribution >= 0.6 is 11.3 Å². The molecular weight excluding hydrogens is 264 g/mol. The maximum Gasteiger partial charge on any atom is 0.00965 e. The highest BCUT2D eigenvalue weighted by atomic mass is 32.1. The van der Waals surface area contributed by atoms with Gasteiger partial charge in [0.1, 0.15) is 0 Å². The fourth-order valence-corrected chi connectivity index (χ4v) is 2.89. The van der Waals surface area contributed by atoms with Gasteiger partial charge in [0.25, 0.3) is 0 Å². The zero-order valence-corrected chi connectivity index (χ0v) is 14.6. The molecular formula is C17H32N2S. The Balaban J connectivity index is 1.90. The minimum Gasteiger partial charge on any atom is -0.312 e. The Morgan fingerprint density at radius 2 is 1.85 bits per heavy atom. The highest BCUT2D eigenvalue weighted by Gasteiger charge is 2.06. The van der Waals surface area contributed by atoms with Crippen LogP contribution in [0.1, 0.15) is 51.3 Å². The number of hydrogen-bond acceptors (Lipinski definition) is 3. The third-order valence-electron chi connectivity index (χ3n) is 3.44. The minimum absolute atomic E-state index is 0.266. The van der Waals surface area contributed by atoms with E-state index in [-0.39, 0.29) is 5.54 Å². The van der Waals surface area contributed by atoms with Gasteiger partial charge in [-0.3, -0.25) is 0 Å². The Morgan fingerprint density at radius 3 is 2.50 bits per heavy atom. The zero-order valence-electron chi connectivity index (χ0n) is 13.7. The van der Waals surface area contributed by atoms with Crippen LogP contribution in [0.4, 0.5) is 0 Å². The lowest BCUT2D eigenvalue weighted by Crippen LogP contribution is -2.36. The predicted molar refractivity (Wildman–Crippen MR) is 91.7 cm³/mol. The molecule has 1 aromatic heterocycles. The van der Waals surface area contributed by atoms with Gasteiger partial charge < -0.3 is 10.2 Å². The van der Waals surface area contributed by atoms with E-state index in [9.17, 15) is 0 Å². The highest BCUT2D eigenvalue weighted by Crippen LogP contribution is 2.10. The number of rotatable bonds is 10. The predicted octanol–water partition coefficient (Wildman–Crippen LogP) is 4.17. The molecule has 1 aromatic rings. The van der Waals surface area contributed by atoms with Gasteiger partial charge in [-0.2, -0.15) is 0 Å². The summed E-state index contributed by atoms with van der Waals surface area (Å²) in [5.74, 6) is 0. The fraction of sp³-hybridized carbons (Fsp3) is 0.765. The first-order valence-corrected chi connectivity index (χ1v) is 8.81. The molecule has 0 aliphatic rings. The van der Waals surface area contributed by atoms with Gasteiger partial charge in [-0.1, -0.05) is 18.9 Å². The van der Waals surface area contributed by atoms with Crippen molar-refractivity contribution in [2.24, 2.45) is 0 Å². The summed E-state index contributed by atoms with van der Waals surface area (Å²) in [6, 6.07) is 4.38. The van der Waals surface area contributed by atoms with Gasteiger partial charge >= 0.3 is 0 Å². The summed E-state index contributed by atoms with van der Waals surface area (Å²) in [6.45, 7) is 10.3. The molecule has 0 aromatic carbocycles. The summed E-state index contributed by atoms with van der Waals surface area (Å²) < 4.78 is 0. The van der Waals surface area contributed by atoms with Crippen molar-refractivity contribution in [3.63, 3.8) is 0 Å². The van der Waals surface area contributed by atoms with Gasteiger partial charge in [0, 0.05) is 17.0 Å². The highest BCUT2D eigenvalue weighted by molar-refractivity contribution is 7.09. The van der Waals surface area contributed by atoms with Crippen LogP contribution in [0.3, 0.4) is 0 Å². The number of nitrogens with one attached hydrogen (secondary N) is 1. The standard InChI is InChI=1S/C17H32N2S/c1-17(2,3)18-12-7-5-6-8-13-19(4)14-11-16-10-9-15-20-16/h9-10,15,18H,5-8,11-14H2,1-4H3. The molecule has 20 heavy (non-hydrogen) atoms. The Bertz CT molecular complexity index is 327. The molecule has 0 bridgehead atoms. The molecule has 0 aliphatic carbocycles. The van der Waals surface area contributed by atoms with Gasteiger partial charge in [-0.25, -0.2) is 0 Å². The van der Waals surface area contributed by atoms with E-state index in [0.717, 1.165) is 6.54 Å². The molecule has 0 saturated heterocycles. The Labute approximate surface area is 129 Å². The van der Waals surface area contributed by atoms with Crippen molar-refractivity contribution >= 4 is 11.3 Å². The molecule has 3 heteroatoms. The van der Waals surface area contributed by atoms with Crippen LogP contribution < -0.4 is 5.32 Å². The minimum atomic E-state index is 0.266. The molecule has 0 unspecified atom stereocenters. The van der Waals surface area contributed by atoms with E-state index in [2.05, 4.69) is 55.5 Å². The quantitative estimate of drug-likeness (QED) is 0.652. The van der Waals surface area contributed by atoms with Gasteiger partial charge in [0.2, 0.25) is 0 Å². The van der Waals surface area contributed by atoms with Crippen molar-refractivity contribution in [3.8, 4) is 0 Å². The molecule has 0 spiro atoms. The third kappa shape index (κ3) is 9.51. The molecule has 1 rings (SSSR count). The smallest absolute Gasteiger partial charge is 0.00965 e. The second kappa shape index (κ2) is 9.54. The van der Waals surface area contributed by atoms with Crippen molar-refractivity contribution in [1.29, 1.82) is 0 Å². The number of likely N-dealkylation sites (N-methyl/N-ethyl adjacent to an activating group) is 1. The van der Waals surface area contributed by atoms with Crippen molar-refractivity contribution < 1.29 is 0 Å². The largest absolute Gasteiger partial charge is 0.312 e. The number of hydrogen-bond donors (Lipinski definition) is 1. The molecule has 2 nitrogen and oxygen atoms in total. The van der Waals surface area contributed by atoms with Crippen LogP contribution in [0, 0.1) is 0 Å². The van der Waals surface area contributed by atoms with E-state index < -0.39 is 0 Å². The molecule has 0 saturated carbocycles. The van der Waals surface area contributed by atoms with E-state index in [4.69, 9.17) is 0 Å². The zero-order chi connectivity index (χ0) is 14.8. The van der Waals surface area contributed by atoms with E-state index in [1.807, 2.05) is 11.3 Å². The Hall–Kier alpha value is -0.380. The lowest BCUT2D eigenvalue weighted by molar-refractivity contribution is 0.327. The van der Waals surface area contributed by atoms with E-state index in [1.165, 1.54) is 50.1 Å². The Kier molecular flexibility index (Phi) is 8.43. The molecule has 0 fully saturated rings. The fourth-order valence-electron chi connectivity index (χ4n) is 2.19. The second-order valence-electron chi connectivity index (χ2n) is 6.72. The van der Waals surface area contributed by atoms with Crippen LogP contribution in [-0.4, -0.2) is 37.1 Å². The lowest BCUT2D eigenvalue weighted by atomic mass is 10.1. The summed E-state index contributed by atoms with van der Waals surface area (Å²) in [6.07, 6.45) is 6.54. The van der Waals surface area contributed by atoms with Crippen LogP contribution in [0.2, 0.25) is 0 Å². The molecule has 1 N–H and O–H groups in total. The Morgan fingerprint density at radius 1 is 1.10 bits per heavy atom. The van der Waals surface area contributed by atoms with Crippen LogP contribution in [-0.2, 0) is 6.42 Å². The molecule has 0 amide bonds. The van der Waals surface area contributed by atoms with Crippen molar-refractivity contribution in [2.45, 2.75) is 58.4 Å². The number of thiophene rings is 1.